The van der Waals surface area contributed by atoms with Gasteiger partial charge >= 0.3 is 51.4 Å². The maximum atomic E-state index is 2.95. The van der Waals surface area contributed by atoms with Crippen molar-refractivity contribution in [3.05, 3.63) is 22.4 Å². The number of thiophene rings is 1. The van der Waals surface area contributed by atoms with Crippen molar-refractivity contribution in [3.63, 3.8) is 0 Å². The van der Waals surface area contributed by atoms with E-state index in [0.717, 1.165) is 0 Å². The van der Waals surface area contributed by atoms with E-state index in [1.165, 1.54) is 4.88 Å². The molecule has 1 aromatic rings. The van der Waals surface area contributed by atoms with Crippen LogP contribution >= 0.6 is 11.3 Å². The third-order valence-electron chi connectivity index (χ3n) is 0.599. The first-order valence-corrected chi connectivity index (χ1v) is 2.69. The molecule has 0 fully saturated rings. The van der Waals surface area contributed by atoms with Crippen molar-refractivity contribution in [2.75, 3.05) is 0 Å². The first kappa shape index (κ1) is 8.34. The zero-order chi connectivity index (χ0) is 4.41. The van der Waals surface area contributed by atoms with Crippen LogP contribution in [0.2, 0.25) is 0 Å². The van der Waals surface area contributed by atoms with Crippen molar-refractivity contribution in [1.82, 2.24) is 0 Å². The van der Waals surface area contributed by atoms with Gasteiger partial charge in [0.15, 0.2) is 0 Å². The molecule has 7 heavy (non-hydrogen) atoms. The predicted molar refractivity (Wildman–Crippen MR) is 27.9 cm³/mol. The van der Waals surface area contributed by atoms with Crippen LogP contribution in [-0.4, -0.2) is 0 Å². The molecule has 0 saturated carbocycles. The van der Waals surface area contributed by atoms with Crippen LogP contribution in [0.3, 0.4) is 0 Å². The summed E-state index contributed by atoms with van der Waals surface area (Å²) in [4.78, 5) is 1.33. The molecule has 0 saturated heterocycles. The van der Waals surface area contributed by atoms with Gasteiger partial charge in [-0.1, -0.05) is 6.92 Å². The van der Waals surface area contributed by atoms with E-state index in [4.69, 9.17) is 0 Å². The molecule has 0 radical (unpaired) electrons. The summed E-state index contributed by atoms with van der Waals surface area (Å²) >= 11 is 1.72. The van der Waals surface area contributed by atoms with Crippen LogP contribution in [-0.2, 0) is 0 Å². The maximum Gasteiger partial charge on any atom is 1.00 e. The summed E-state index contributed by atoms with van der Waals surface area (Å²) < 4.78 is 0. The third-order valence-corrected chi connectivity index (χ3v) is 1.34. The molecule has 0 nitrogen and oxygen atoms in total. The topological polar surface area (TPSA) is 0 Å². The molecule has 0 aliphatic heterocycles. The minimum absolute atomic E-state index is 0. The number of rotatable bonds is 0. The zero-order valence-corrected chi connectivity index (χ0v) is 8.50. The second-order valence-electron chi connectivity index (χ2n) is 1.16. The van der Waals surface area contributed by atoms with Gasteiger partial charge in [-0.15, -0.1) is 10.3 Å². The second kappa shape index (κ2) is 4.24. The summed E-state index contributed by atoms with van der Waals surface area (Å²) in [5.41, 5.74) is 0. The van der Waals surface area contributed by atoms with Crippen LogP contribution in [0, 0.1) is 13.0 Å². The van der Waals surface area contributed by atoms with Gasteiger partial charge in [0.25, 0.3) is 0 Å². The van der Waals surface area contributed by atoms with Gasteiger partial charge in [-0.25, -0.2) is 12.1 Å². The molecule has 1 rings (SSSR count). The van der Waals surface area contributed by atoms with E-state index in [-0.39, 0.29) is 51.4 Å². The van der Waals surface area contributed by atoms with Crippen molar-refractivity contribution in [2.45, 2.75) is 6.92 Å². The Labute approximate surface area is 90.4 Å². The predicted octanol–water partition coefficient (Wildman–Crippen LogP) is -1.14. The van der Waals surface area contributed by atoms with Crippen molar-refractivity contribution in [1.29, 1.82) is 0 Å². The Bertz CT molecular complexity index is 112. The summed E-state index contributed by atoms with van der Waals surface area (Å²) in [5.74, 6) is 0. The van der Waals surface area contributed by atoms with Gasteiger partial charge in [0, 0.05) is 0 Å². The Balaban J connectivity index is 0.000000360. The second-order valence-corrected chi connectivity index (χ2v) is 2.27. The molecule has 1 aromatic heterocycles. The van der Waals surface area contributed by atoms with E-state index < -0.39 is 0 Å². The van der Waals surface area contributed by atoms with Gasteiger partial charge in [0.1, 0.15) is 0 Å². The fourth-order valence-corrected chi connectivity index (χ4v) is 0.770. The molecule has 0 aliphatic rings. The average molecular weight is 136 g/mol. The Morgan fingerprint density at radius 2 is 2.43 bits per heavy atom. The third kappa shape index (κ3) is 3.01. The van der Waals surface area contributed by atoms with Gasteiger partial charge in [-0.05, 0) is 0 Å². The number of aryl methyl sites for hydroxylation is 1. The van der Waals surface area contributed by atoms with Crippen LogP contribution in [0.4, 0.5) is 0 Å². The van der Waals surface area contributed by atoms with Gasteiger partial charge in [-0.2, -0.15) is 0 Å². The van der Waals surface area contributed by atoms with E-state index in [9.17, 15) is 0 Å². The summed E-state index contributed by atoms with van der Waals surface area (Å²) in [5, 5.41) is 1.95. The normalized spacial score (nSPS) is 7.57. The summed E-state index contributed by atoms with van der Waals surface area (Å²) in [6.07, 6.45) is 0. The van der Waals surface area contributed by atoms with Crippen molar-refractivity contribution >= 4 is 11.3 Å². The largest absolute Gasteiger partial charge is 1.00 e. The van der Waals surface area contributed by atoms with E-state index in [1.807, 2.05) is 11.4 Å². The molecule has 0 bridgehead atoms. The Morgan fingerprint density at radius 1 is 1.71 bits per heavy atom. The van der Waals surface area contributed by atoms with Crippen molar-refractivity contribution < 1.29 is 51.4 Å². The average Bonchev–Trinajstić information content (AvgIpc) is 1.86. The molecule has 0 unspecified atom stereocenters. The van der Waals surface area contributed by atoms with Crippen LogP contribution < -0.4 is 51.4 Å². The quantitative estimate of drug-likeness (QED) is 0.312. The molecule has 1 heterocycles. The Hall–Kier alpha value is 1.34. The maximum absolute atomic E-state index is 2.95. The van der Waals surface area contributed by atoms with Gasteiger partial charge in [0.2, 0.25) is 0 Å². The number of hydrogen-bond donors (Lipinski definition) is 0. The standard InChI is InChI=1S/C5H5S.K/c1-5-3-2-4-6-5;/h3-4H,1H3;/q-1;+1. The summed E-state index contributed by atoms with van der Waals surface area (Å²) in [6, 6.07) is 4.92. The van der Waals surface area contributed by atoms with Gasteiger partial charge in [-0.3, -0.25) is 11.3 Å². The molecule has 0 aliphatic carbocycles. The molecule has 0 N–H and O–H groups in total. The Morgan fingerprint density at radius 3 is 2.57 bits per heavy atom. The number of hydrogen-bond acceptors (Lipinski definition) is 1. The molecular weight excluding hydrogens is 131 g/mol. The first-order valence-electron chi connectivity index (χ1n) is 1.81. The van der Waals surface area contributed by atoms with Crippen LogP contribution in [0.1, 0.15) is 4.88 Å². The van der Waals surface area contributed by atoms with Crippen molar-refractivity contribution in [2.24, 2.45) is 0 Å². The molecule has 0 spiro atoms. The molecule has 0 amide bonds. The minimum atomic E-state index is 0. The van der Waals surface area contributed by atoms with E-state index >= 15 is 0 Å². The molecule has 32 valence electrons. The monoisotopic (exact) mass is 136 g/mol. The molecule has 2 heteroatoms. The fourth-order valence-electron chi connectivity index (χ4n) is 0.312. The van der Waals surface area contributed by atoms with Gasteiger partial charge < -0.3 is 0 Å². The zero-order valence-electron chi connectivity index (χ0n) is 4.56. The minimum Gasteiger partial charge on any atom is -0.270 e. The van der Waals surface area contributed by atoms with Gasteiger partial charge in [0.05, 0.1) is 0 Å². The van der Waals surface area contributed by atoms with E-state index in [1.54, 1.807) is 11.3 Å². The van der Waals surface area contributed by atoms with Crippen molar-refractivity contribution in [3.8, 4) is 0 Å². The summed E-state index contributed by atoms with van der Waals surface area (Å²) in [7, 11) is 0. The van der Waals surface area contributed by atoms with Crippen LogP contribution in [0.5, 0.6) is 0 Å². The summed E-state index contributed by atoms with van der Waals surface area (Å²) in [6.45, 7) is 2.07. The van der Waals surface area contributed by atoms with E-state index in [0.29, 0.717) is 0 Å². The fraction of sp³-hybridized carbons (Fsp3) is 0.200. The molecule has 0 aromatic carbocycles. The molecular formula is C5H5KS. The van der Waals surface area contributed by atoms with Crippen LogP contribution in [0.25, 0.3) is 0 Å². The van der Waals surface area contributed by atoms with Crippen LogP contribution in [0.15, 0.2) is 11.4 Å². The SMILES string of the molecule is Cc1c[c-]cs1.[K+]. The smallest absolute Gasteiger partial charge is 0.270 e. The molecule has 0 atom stereocenters. The van der Waals surface area contributed by atoms with E-state index in [2.05, 4.69) is 13.0 Å². The Kier molecular flexibility index (Phi) is 5.05. The first-order chi connectivity index (χ1) is 2.89.